The first-order chi connectivity index (χ1) is 13.3. The molecule has 6 nitrogen and oxygen atoms in total. The summed E-state index contributed by atoms with van der Waals surface area (Å²) in [6, 6.07) is 13.1. The van der Waals surface area contributed by atoms with Gasteiger partial charge in [-0.2, -0.15) is 0 Å². The van der Waals surface area contributed by atoms with E-state index in [-0.39, 0.29) is 12.2 Å². The molecule has 0 unspecified atom stereocenters. The summed E-state index contributed by atoms with van der Waals surface area (Å²) in [5.41, 5.74) is 1.71. The number of carbonyl (C=O) groups excluding carboxylic acids is 1. The molecule has 0 bridgehead atoms. The van der Waals surface area contributed by atoms with Gasteiger partial charge in [0, 0.05) is 5.56 Å². The normalized spacial score (nSPS) is 14.0. The Hall–Kier alpha value is -3.20. The summed E-state index contributed by atoms with van der Waals surface area (Å²) in [7, 11) is 1.62. The molecule has 0 radical (unpaired) electrons. The van der Waals surface area contributed by atoms with Crippen molar-refractivity contribution in [1.82, 2.24) is 4.90 Å². The zero-order valence-electron chi connectivity index (χ0n) is 16.6. The standard InChI is InChI=1S/C22H24N2O4/c1-22(2,3)28-21(25)24-13-18(14-24)27-17-11-15(10-16(12-17)23-4)19-8-6-7-9-20(19)26-5/h6-12,18H,13-14H2,1-3,5H3. The predicted molar refractivity (Wildman–Crippen MR) is 107 cm³/mol. The minimum atomic E-state index is -0.517. The number of hydrogen-bond acceptors (Lipinski definition) is 4. The summed E-state index contributed by atoms with van der Waals surface area (Å²) >= 11 is 0. The van der Waals surface area contributed by atoms with Gasteiger partial charge in [0.15, 0.2) is 5.69 Å². The number of amides is 1. The van der Waals surface area contributed by atoms with E-state index < -0.39 is 5.60 Å². The van der Waals surface area contributed by atoms with Gasteiger partial charge in [0.2, 0.25) is 0 Å². The number of benzene rings is 2. The van der Waals surface area contributed by atoms with Gasteiger partial charge in [-0.3, -0.25) is 0 Å². The Morgan fingerprint density at radius 1 is 1.18 bits per heavy atom. The molecule has 28 heavy (non-hydrogen) atoms. The van der Waals surface area contributed by atoms with Crippen LogP contribution in [0.15, 0.2) is 42.5 Å². The summed E-state index contributed by atoms with van der Waals surface area (Å²) in [5, 5.41) is 0. The Morgan fingerprint density at radius 2 is 1.89 bits per heavy atom. The second-order valence-corrected chi connectivity index (χ2v) is 7.65. The zero-order chi connectivity index (χ0) is 20.3. The molecule has 3 rings (SSSR count). The number of para-hydroxylation sites is 1. The second-order valence-electron chi connectivity index (χ2n) is 7.65. The van der Waals surface area contributed by atoms with Crippen molar-refractivity contribution in [1.29, 1.82) is 0 Å². The molecular formula is C22H24N2O4. The highest BCUT2D eigenvalue weighted by Gasteiger charge is 2.35. The molecule has 1 aliphatic heterocycles. The fourth-order valence-corrected chi connectivity index (χ4v) is 2.94. The number of methoxy groups -OCH3 is 1. The van der Waals surface area contributed by atoms with Crippen LogP contribution in [0.25, 0.3) is 16.0 Å². The van der Waals surface area contributed by atoms with E-state index >= 15 is 0 Å². The van der Waals surface area contributed by atoms with E-state index in [1.165, 1.54) is 0 Å². The Labute approximate surface area is 165 Å². The van der Waals surface area contributed by atoms with Crippen molar-refractivity contribution in [2.45, 2.75) is 32.5 Å². The van der Waals surface area contributed by atoms with Crippen LogP contribution >= 0.6 is 0 Å². The van der Waals surface area contributed by atoms with Crippen molar-refractivity contribution < 1.29 is 19.0 Å². The average Bonchev–Trinajstić information content (AvgIpc) is 2.62. The van der Waals surface area contributed by atoms with Crippen molar-refractivity contribution in [3.05, 3.63) is 53.9 Å². The van der Waals surface area contributed by atoms with Crippen molar-refractivity contribution in [2.24, 2.45) is 0 Å². The van der Waals surface area contributed by atoms with Crippen LogP contribution in [0.4, 0.5) is 10.5 Å². The highest BCUT2D eigenvalue weighted by atomic mass is 16.6. The van der Waals surface area contributed by atoms with Crippen LogP contribution in [-0.4, -0.2) is 42.9 Å². The number of carbonyl (C=O) groups is 1. The quantitative estimate of drug-likeness (QED) is 0.707. The van der Waals surface area contributed by atoms with Gasteiger partial charge in [0.25, 0.3) is 0 Å². The van der Waals surface area contributed by atoms with E-state index in [4.69, 9.17) is 20.8 Å². The Kier molecular flexibility index (Phi) is 5.46. The van der Waals surface area contributed by atoms with Gasteiger partial charge < -0.3 is 19.1 Å². The van der Waals surface area contributed by atoms with E-state index in [0.717, 1.165) is 16.9 Å². The molecule has 1 aliphatic rings. The summed E-state index contributed by atoms with van der Waals surface area (Å²) in [6.07, 6.45) is -0.462. The number of nitrogens with zero attached hydrogens (tertiary/aromatic N) is 2. The fourth-order valence-electron chi connectivity index (χ4n) is 2.94. The van der Waals surface area contributed by atoms with Crippen LogP contribution in [0.3, 0.4) is 0 Å². The van der Waals surface area contributed by atoms with Gasteiger partial charge in [-0.25, -0.2) is 9.64 Å². The lowest BCUT2D eigenvalue weighted by atomic mass is 10.0. The molecule has 1 heterocycles. The van der Waals surface area contributed by atoms with E-state index in [2.05, 4.69) is 4.85 Å². The first-order valence-corrected chi connectivity index (χ1v) is 9.09. The maximum absolute atomic E-state index is 12.0. The Balaban J connectivity index is 1.72. The van der Waals surface area contributed by atoms with E-state index in [0.29, 0.717) is 24.5 Å². The Bertz CT molecular complexity index is 905. The smallest absolute Gasteiger partial charge is 0.410 e. The SMILES string of the molecule is [C-]#[N+]c1cc(OC2CN(C(=O)OC(C)(C)C)C2)cc(-c2ccccc2OC)c1. The molecule has 6 heteroatoms. The third kappa shape index (κ3) is 4.55. The summed E-state index contributed by atoms with van der Waals surface area (Å²) in [6.45, 7) is 13.8. The lowest BCUT2D eigenvalue weighted by molar-refractivity contribution is -0.0221. The molecule has 146 valence electrons. The molecule has 1 saturated heterocycles. The third-order valence-corrected chi connectivity index (χ3v) is 4.24. The Morgan fingerprint density at radius 3 is 2.54 bits per heavy atom. The molecule has 0 N–H and O–H groups in total. The average molecular weight is 380 g/mol. The maximum Gasteiger partial charge on any atom is 0.410 e. The number of rotatable bonds is 4. The molecule has 1 amide bonds. The van der Waals surface area contributed by atoms with E-state index in [1.807, 2.05) is 57.2 Å². The van der Waals surface area contributed by atoms with Crippen LogP contribution in [0.2, 0.25) is 0 Å². The first-order valence-electron chi connectivity index (χ1n) is 9.09. The van der Waals surface area contributed by atoms with Gasteiger partial charge in [-0.05, 0) is 50.6 Å². The minimum Gasteiger partial charge on any atom is -0.496 e. The molecule has 2 aromatic carbocycles. The minimum absolute atomic E-state index is 0.126. The number of likely N-dealkylation sites (tertiary alicyclic amines) is 1. The molecule has 0 spiro atoms. The lowest BCUT2D eigenvalue weighted by Crippen LogP contribution is -2.57. The van der Waals surface area contributed by atoms with Crippen molar-refractivity contribution >= 4 is 11.8 Å². The maximum atomic E-state index is 12.0. The molecule has 1 fully saturated rings. The van der Waals surface area contributed by atoms with Crippen LogP contribution in [-0.2, 0) is 4.74 Å². The molecule has 0 aliphatic carbocycles. The van der Waals surface area contributed by atoms with Gasteiger partial charge >= 0.3 is 6.09 Å². The van der Waals surface area contributed by atoms with Gasteiger partial charge in [-0.15, -0.1) is 0 Å². The highest BCUT2D eigenvalue weighted by Crippen LogP contribution is 2.36. The van der Waals surface area contributed by atoms with Crippen LogP contribution in [0, 0.1) is 6.57 Å². The van der Waals surface area contributed by atoms with Crippen LogP contribution < -0.4 is 9.47 Å². The number of hydrogen-bond donors (Lipinski definition) is 0. The number of ether oxygens (including phenoxy) is 3. The van der Waals surface area contributed by atoms with E-state index in [9.17, 15) is 4.79 Å². The zero-order valence-corrected chi connectivity index (χ0v) is 16.6. The lowest BCUT2D eigenvalue weighted by Gasteiger charge is -2.39. The van der Waals surface area contributed by atoms with Crippen LogP contribution in [0.1, 0.15) is 20.8 Å². The van der Waals surface area contributed by atoms with Crippen molar-refractivity contribution in [2.75, 3.05) is 20.2 Å². The largest absolute Gasteiger partial charge is 0.496 e. The highest BCUT2D eigenvalue weighted by molar-refractivity contribution is 5.75. The molecule has 0 saturated carbocycles. The van der Waals surface area contributed by atoms with Gasteiger partial charge in [0.05, 0.1) is 26.8 Å². The first kappa shape index (κ1) is 19.6. The second kappa shape index (κ2) is 7.81. The van der Waals surface area contributed by atoms with E-state index in [1.54, 1.807) is 18.1 Å². The molecule has 0 atom stereocenters. The fraction of sp³-hybridized carbons (Fsp3) is 0.364. The third-order valence-electron chi connectivity index (χ3n) is 4.24. The predicted octanol–water partition coefficient (Wildman–Crippen LogP) is 4.91. The molecule has 2 aromatic rings. The van der Waals surface area contributed by atoms with Crippen LogP contribution in [0.5, 0.6) is 11.5 Å². The summed E-state index contributed by atoms with van der Waals surface area (Å²) in [4.78, 5) is 17.2. The summed E-state index contributed by atoms with van der Waals surface area (Å²) < 4.78 is 16.8. The van der Waals surface area contributed by atoms with Gasteiger partial charge in [-0.1, -0.05) is 18.2 Å². The molecular weight excluding hydrogens is 356 g/mol. The molecule has 0 aromatic heterocycles. The monoisotopic (exact) mass is 380 g/mol. The van der Waals surface area contributed by atoms with Crippen molar-refractivity contribution in [3.8, 4) is 22.6 Å². The van der Waals surface area contributed by atoms with Crippen molar-refractivity contribution in [3.63, 3.8) is 0 Å². The summed E-state index contributed by atoms with van der Waals surface area (Å²) in [5.74, 6) is 1.33. The topological polar surface area (TPSA) is 52.4 Å². The van der Waals surface area contributed by atoms with Gasteiger partial charge in [0.1, 0.15) is 23.2 Å².